The maximum absolute atomic E-state index is 12.5. The smallest absolute Gasteiger partial charge is 0.252 e. The number of halogens is 1. The molecule has 2 heterocycles. The molecule has 0 bridgehead atoms. The van der Waals surface area contributed by atoms with Gasteiger partial charge in [-0.15, -0.1) is 0 Å². The molecule has 3 rings (SSSR count). The molecule has 0 N–H and O–H groups in total. The first-order valence-electron chi connectivity index (χ1n) is 6.47. The first-order chi connectivity index (χ1) is 9.16. The van der Waals surface area contributed by atoms with Crippen LogP contribution in [0.3, 0.4) is 0 Å². The van der Waals surface area contributed by atoms with E-state index in [0.717, 1.165) is 30.2 Å². The SMILES string of the molecule is O=c1nc2ccc(Br)cn2c(=O)n1C1CCCCC1. The Bertz CT molecular complexity index is 729. The van der Waals surface area contributed by atoms with E-state index in [1.807, 2.05) is 0 Å². The summed E-state index contributed by atoms with van der Waals surface area (Å²) in [6.45, 7) is 0. The standard InChI is InChI=1S/C13H14BrN3O2/c14-9-6-7-11-15-12(18)17(13(19)16(11)8-9)10-4-2-1-3-5-10/h6-8,10H,1-5H2. The minimum Gasteiger partial charge on any atom is -0.252 e. The van der Waals surface area contributed by atoms with Crippen LogP contribution in [0.4, 0.5) is 0 Å². The van der Waals surface area contributed by atoms with Crippen molar-refractivity contribution in [3.63, 3.8) is 0 Å². The molecule has 19 heavy (non-hydrogen) atoms. The van der Waals surface area contributed by atoms with Crippen LogP contribution in [0.15, 0.2) is 32.4 Å². The molecule has 5 nitrogen and oxygen atoms in total. The van der Waals surface area contributed by atoms with Gasteiger partial charge in [0.15, 0.2) is 0 Å². The number of pyridine rings is 1. The molecule has 0 radical (unpaired) electrons. The molecule has 2 aromatic heterocycles. The van der Waals surface area contributed by atoms with Gasteiger partial charge >= 0.3 is 11.4 Å². The van der Waals surface area contributed by atoms with Crippen LogP contribution in [0.25, 0.3) is 5.65 Å². The molecule has 1 aliphatic rings. The van der Waals surface area contributed by atoms with Crippen molar-refractivity contribution in [1.29, 1.82) is 0 Å². The highest BCUT2D eigenvalue weighted by atomic mass is 79.9. The monoisotopic (exact) mass is 323 g/mol. The summed E-state index contributed by atoms with van der Waals surface area (Å²) in [7, 11) is 0. The summed E-state index contributed by atoms with van der Waals surface area (Å²) in [6.07, 6.45) is 6.74. The number of rotatable bonds is 1. The minimum atomic E-state index is -0.431. The van der Waals surface area contributed by atoms with Crippen molar-refractivity contribution < 1.29 is 0 Å². The summed E-state index contributed by atoms with van der Waals surface area (Å²) >= 11 is 3.33. The van der Waals surface area contributed by atoms with E-state index in [2.05, 4.69) is 20.9 Å². The van der Waals surface area contributed by atoms with E-state index in [9.17, 15) is 9.59 Å². The van der Waals surface area contributed by atoms with Crippen LogP contribution in [-0.4, -0.2) is 14.0 Å². The zero-order chi connectivity index (χ0) is 13.4. The fourth-order valence-electron chi connectivity index (χ4n) is 2.71. The average Bonchev–Trinajstić information content (AvgIpc) is 2.41. The van der Waals surface area contributed by atoms with Gasteiger partial charge in [-0.3, -0.25) is 4.40 Å². The molecule has 1 saturated carbocycles. The summed E-state index contributed by atoms with van der Waals surface area (Å²) in [5.41, 5.74) is -0.326. The highest BCUT2D eigenvalue weighted by Gasteiger charge is 2.20. The van der Waals surface area contributed by atoms with Gasteiger partial charge in [0.2, 0.25) is 0 Å². The van der Waals surface area contributed by atoms with E-state index in [1.165, 1.54) is 15.4 Å². The molecule has 0 spiro atoms. The molecule has 0 aromatic carbocycles. The van der Waals surface area contributed by atoms with Gasteiger partial charge in [0, 0.05) is 16.7 Å². The number of hydrogen-bond donors (Lipinski definition) is 0. The highest BCUT2D eigenvalue weighted by Crippen LogP contribution is 2.25. The van der Waals surface area contributed by atoms with Crippen molar-refractivity contribution in [3.05, 3.63) is 43.8 Å². The van der Waals surface area contributed by atoms with E-state index >= 15 is 0 Å². The first kappa shape index (κ1) is 12.6. The average molecular weight is 324 g/mol. The van der Waals surface area contributed by atoms with Crippen LogP contribution in [0.5, 0.6) is 0 Å². The van der Waals surface area contributed by atoms with Crippen molar-refractivity contribution in [2.75, 3.05) is 0 Å². The third-order valence-corrected chi connectivity index (χ3v) is 4.13. The Hall–Kier alpha value is -1.43. The van der Waals surface area contributed by atoms with Gasteiger partial charge in [0.25, 0.3) is 0 Å². The van der Waals surface area contributed by atoms with Gasteiger partial charge in [0.05, 0.1) is 0 Å². The summed E-state index contributed by atoms with van der Waals surface area (Å²) < 4.78 is 3.54. The highest BCUT2D eigenvalue weighted by molar-refractivity contribution is 9.10. The molecule has 1 aliphatic carbocycles. The van der Waals surface area contributed by atoms with Gasteiger partial charge in [-0.1, -0.05) is 19.3 Å². The first-order valence-corrected chi connectivity index (χ1v) is 7.26. The maximum Gasteiger partial charge on any atom is 0.353 e. The summed E-state index contributed by atoms with van der Waals surface area (Å²) in [5.74, 6) is 0. The van der Waals surface area contributed by atoms with Gasteiger partial charge in [-0.2, -0.15) is 4.98 Å². The van der Waals surface area contributed by atoms with Crippen LogP contribution in [-0.2, 0) is 0 Å². The predicted octanol–water partition coefficient (Wildman–Crippen LogP) is 2.12. The fraction of sp³-hybridized carbons (Fsp3) is 0.462. The second kappa shape index (κ2) is 4.92. The third kappa shape index (κ3) is 2.25. The molecule has 0 amide bonds. The van der Waals surface area contributed by atoms with E-state index in [-0.39, 0.29) is 11.7 Å². The van der Waals surface area contributed by atoms with Crippen molar-refractivity contribution in [1.82, 2.24) is 14.0 Å². The lowest BCUT2D eigenvalue weighted by Gasteiger charge is -2.22. The number of fused-ring (bicyclic) bond motifs is 1. The fourth-order valence-corrected chi connectivity index (χ4v) is 3.05. The lowest BCUT2D eigenvalue weighted by atomic mass is 9.95. The zero-order valence-corrected chi connectivity index (χ0v) is 12.0. The second-order valence-electron chi connectivity index (χ2n) is 4.91. The quantitative estimate of drug-likeness (QED) is 0.807. The van der Waals surface area contributed by atoms with Crippen LogP contribution < -0.4 is 11.4 Å². The Balaban J connectivity index is 2.24. The maximum atomic E-state index is 12.5. The van der Waals surface area contributed by atoms with E-state index in [1.54, 1.807) is 18.3 Å². The van der Waals surface area contributed by atoms with Crippen LogP contribution in [0, 0.1) is 0 Å². The van der Waals surface area contributed by atoms with Crippen molar-refractivity contribution >= 4 is 21.6 Å². The normalized spacial score (nSPS) is 16.9. The Morgan fingerprint density at radius 3 is 2.63 bits per heavy atom. The van der Waals surface area contributed by atoms with Gasteiger partial charge < -0.3 is 0 Å². The summed E-state index contributed by atoms with van der Waals surface area (Å²) in [6, 6.07) is 3.43. The third-order valence-electron chi connectivity index (χ3n) is 3.66. The van der Waals surface area contributed by atoms with Gasteiger partial charge in [-0.05, 0) is 40.9 Å². The van der Waals surface area contributed by atoms with E-state index < -0.39 is 5.69 Å². The lowest BCUT2D eigenvalue weighted by Crippen LogP contribution is -2.42. The summed E-state index contributed by atoms with van der Waals surface area (Å²) in [5, 5.41) is 0. The molecular weight excluding hydrogens is 310 g/mol. The van der Waals surface area contributed by atoms with Crippen LogP contribution in [0.2, 0.25) is 0 Å². The Morgan fingerprint density at radius 2 is 1.89 bits per heavy atom. The summed E-state index contributed by atoms with van der Waals surface area (Å²) in [4.78, 5) is 28.5. The molecular formula is C13H14BrN3O2. The molecule has 0 unspecified atom stereocenters. The largest absolute Gasteiger partial charge is 0.353 e. The Labute approximate surface area is 118 Å². The molecule has 100 valence electrons. The number of aromatic nitrogens is 3. The lowest BCUT2D eigenvalue weighted by molar-refractivity contribution is 0.331. The number of hydrogen-bond acceptors (Lipinski definition) is 3. The molecule has 0 atom stereocenters. The number of nitrogens with zero attached hydrogens (tertiary/aromatic N) is 3. The van der Waals surface area contributed by atoms with Crippen molar-refractivity contribution in [2.45, 2.75) is 38.1 Å². The minimum absolute atomic E-state index is 0.00266. The van der Waals surface area contributed by atoms with Crippen LogP contribution in [0.1, 0.15) is 38.1 Å². The van der Waals surface area contributed by atoms with E-state index in [4.69, 9.17) is 0 Å². The molecule has 2 aromatic rings. The van der Waals surface area contributed by atoms with Gasteiger partial charge in [-0.25, -0.2) is 14.2 Å². The molecule has 1 fully saturated rings. The molecule has 0 aliphatic heterocycles. The Morgan fingerprint density at radius 1 is 1.16 bits per heavy atom. The molecule has 6 heteroatoms. The zero-order valence-electron chi connectivity index (χ0n) is 10.4. The Kier molecular flexibility index (Phi) is 3.26. The van der Waals surface area contributed by atoms with Crippen LogP contribution >= 0.6 is 15.9 Å². The topological polar surface area (TPSA) is 56.4 Å². The second-order valence-corrected chi connectivity index (χ2v) is 5.83. The predicted molar refractivity (Wildman–Crippen MR) is 75.5 cm³/mol. The van der Waals surface area contributed by atoms with Crippen molar-refractivity contribution in [3.8, 4) is 0 Å². The van der Waals surface area contributed by atoms with Gasteiger partial charge in [0.1, 0.15) is 5.65 Å². The van der Waals surface area contributed by atoms with Crippen molar-refractivity contribution in [2.24, 2.45) is 0 Å². The molecule has 0 saturated heterocycles. The van der Waals surface area contributed by atoms with E-state index in [0.29, 0.717) is 5.65 Å².